The highest BCUT2D eigenvalue weighted by atomic mass is 16.4. The predicted molar refractivity (Wildman–Crippen MR) is 109 cm³/mol. The molecule has 4 nitrogen and oxygen atoms in total. The normalized spacial score (nSPS) is 12.3. The van der Waals surface area contributed by atoms with Crippen LogP contribution in [0.25, 0.3) is 0 Å². The fraction of sp³-hybridized carbons (Fsp3) is 0.435. The van der Waals surface area contributed by atoms with Gasteiger partial charge in [-0.1, -0.05) is 69.5 Å². The summed E-state index contributed by atoms with van der Waals surface area (Å²) in [7, 11) is 0. The minimum Gasteiger partial charge on any atom is -0.508 e. The van der Waals surface area contributed by atoms with E-state index in [0.29, 0.717) is 12.1 Å². The number of aliphatic carboxylic acids is 1. The Bertz CT molecular complexity index is 713. The summed E-state index contributed by atoms with van der Waals surface area (Å²) in [5, 5.41) is 22.9. The summed E-state index contributed by atoms with van der Waals surface area (Å²) in [5.41, 5.74) is 2.50. The molecule has 0 amide bonds. The van der Waals surface area contributed by atoms with Gasteiger partial charge in [0.05, 0.1) is 0 Å². The zero-order valence-corrected chi connectivity index (χ0v) is 16.3. The number of hydrogen-bond donors (Lipinski definition) is 3. The first-order valence-electron chi connectivity index (χ1n) is 9.79. The standard InChI is InChI=1S/C23H31NO3/c1-17(2)9-5-3-6-10-18-13-14-21(25)20(15-18)22(23(26)27)24-16-19-11-7-4-8-12-19/h4,7-8,11-15,17,22,24-25H,3,5-6,9-10,16H2,1-2H3,(H,26,27). The maximum atomic E-state index is 11.8. The fourth-order valence-electron chi connectivity index (χ4n) is 3.20. The number of carbonyl (C=O) groups is 1. The van der Waals surface area contributed by atoms with Gasteiger partial charge in [-0.3, -0.25) is 10.1 Å². The molecule has 146 valence electrons. The fourth-order valence-corrected chi connectivity index (χ4v) is 3.20. The quantitative estimate of drug-likeness (QED) is 0.484. The number of phenols is 1. The second-order valence-corrected chi connectivity index (χ2v) is 7.52. The maximum Gasteiger partial charge on any atom is 0.325 e. The Morgan fingerprint density at radius 1 is 1.00 bits per heavy atom. The van der Waals surface area contributed by atoms with Gasteiger partial charge >= 0.3 is 5.97 Å². The second-order valence-electron chi connectivity index (χ2n) is 7.52. The van der Waals surface area contributed by atoms with E-state index < -0.39 is 12.0 Å². The first kappa shape index (κ1) is 21.0. The first-order chi connectivity index (χ1) is 13.0. The van der Waals surface area contributed by atoms with Crippen LogP contribution >= 0.6 is 0 Å². The van der Waals surface area contributed by atoms with Crippen LogP contribution in [0.5, 0.6) is 5.75 Å². The molecule has 4 heteroatoms. The number of nitrogens with one attached hydrogen (secondary N) is 1. The SMILES string of the molecule is CC(C)CCCCCc1ccc(O)c(C(NCc2ccccc2)C(=O)O)c1. The number of carboxylic acids is 1. The van der Waals surface area contributed by atoms with Crippen molar-refractivity contribution >= 4 is 5.97 Å². The molecule has 2 aromatic carbocycles. The minimum absolute atomic E-state index is 0.0199. The molecule has 0 spiro atoms. The number of unbranched alkanes of at least 4 members (excludes halogenated alkanes) is 2. The van der Waals surface area contributed by atoms with Crippen LogP contribution in [-0.4, -0.2) is 16.2 Å². The monoisotopic (exact) mass is 369 g/mol. The van der Waals surface area contributed by atoms with Gasteiger partial charge in [-0.25, -0.2) is 0 Å². The Morgan fingerprint density at radius 2 is 1.74 bits per heavy atom. The summed E-state index contributed by atoms with van der Waals surface area (Å²) in [4.78, 5) is 11.8. The largest absolute Gasteiger partial charge is 0.508 e. The number of aryl methyl sites for hydroxylation is 1. The van der Waals surface area contributed by atoms with E-state index in [0.717, 1.165) is 29.9 Å². The van der Waals surface area contributed by atoms with Crippen LogP contribution in [0.2, 0.25) is 0 Å². The lowest BCUT2D eigenvalue weighted by Crippen LogP contribution is -2.28. The Balaban J connectivity index is 2.01. The van der Waals surface area contributed by atoms with Crippen LogP contribution in [-0.2, 0) is 17.8 Å². The molecule has 0 saturated heterocycles. The van der Waals surface area contributed by atoms with E-state index in [1.807, 2.05) is 42.5 Å². The molecule has 0 saturated carbocycles. The van der Waals surface area contributed by atoms with Crippen LogP contribution in [0.15, 0.2) is 48.5 Å². The predicted octanol–water partition coefficient (Wildman–Crippen LogP) is 5.07. The summed E-state index contributed by atoms with van der Waals surface area (Å²) in [6.07, 6.45) is 5.61. The van der Waals surface area contributed by atoms with Crippen molar-refractivity contribution < 1.29 is 15.0 Å². The van der Waals surface area contributed by atoms with Crippen molar-refractivity contribution in [2.24, 2.45) is 5.92 Å². The van der Waals surface area contributed by atoms with Crippen molar-refractivity contribution in [2.45, 2.75) is 58.5 Å². The summed E-state index contributed by atoms with van der Waals surface area (Å²) < 4.78 is 0. The molecule has 3 N–H and O–H groups in total. The van der Waals surface area contributed by atoms with Gasteiger partial charge in [-0.15, -0.1) is 0 Å². The van der Waals surface area contributed by atoms with Gasteiger partial charge in [-0.05, 0) is 42.0 Å². The summed E-state index contributed by atoms with van der Waals surface area (Å²) in [5.74, 6) is -0.237. The molecule has 0 heterocycles. The van der Waals surface area contributed by atoms with Gasteiger partial charge in [0.2, 0.25) is 0 Å². The lowest BCUT2D eigenvalue weighted by Gasteiger charge is -2.17. The van der Waals surface area contributed by atoms with Gasteiger partial charge in [0, 0.05) is 12.1 Å². The average molecular weight is 370 g/mol. The van der Waals surface area contributed by atoms with Crippen LogP contribution in [0.3, 0.4) is 0 Å². The molecule has 0 aliphatic rings. The third kappa shape index (κ3) is 7.06. The van der Waals surface area contributed by atoms with E-state index in [2.05, 4.69) is 19.2 Å². The molecule has 0 bridgehead atoms. The van der Waals surface area contributed by atoms with Crippen molar-refractivity contribution in [2.75, 3.05) is 0 Å². The second kappa shape index (κ2) is 10.7. The molecule has 0 aromatic heterocycles. The van der Waals surface area contributed by atoms with Crippen molar-refractivity contribution in [1.29, 1.82) is 0 Å². The van der Waals surface area contributed by atoms with Crippen LogP contribution in [0.1, 0.15) is 62.3 Å². The highest BCUT2D eigenvalue weighted by molar-refractivity contribution is 5.76. The van der Waals surface area contributed by atoms with Gasteiger partial charge in [0.1, 0.15) is 11.8 Å². The smallest absolute Gasteiger partial charge is 0.325 e. The lowest BCUT2D eigenvalue weighted by atomic mass is 9.98. The van der Waals surface area contributed by atoms with E-state index in [-0.39, 0.29) is 5.75 Å². The van der Waals surface area contributed by atoms with E-state index in [1.54, 1.807) is 6.07 Å². The maximum absolute atomic E-state index is 11.8. The molecule has 2 aromatic rings. The lowest BCUT2D eigenvalue weighted by molar-refractivity contribution is -0.139. The van der Waals surface area contributed by atoms with E-state index in [9.17, 15) is 15.0 Å². The van der Waals surface area contributed by atoms with Crippen molar-refractivity contribution in [3.8, 4) is 5.75 Å². The van der Waals surface area contributed by atoms with Crippen molar-refractivity contribution in [1.82, 2.24) is 5.32 Å². The molecule has 0 radical (unpaired) electrons. The summed E-state index contributed by atoms with van der Waals surface area (Å²) in [6, 6.07) is 14.0. The van der Waals surface area contributed by atoms with E-state index in [1.165, 1.54) is 19.3 Å². The molecule has 0 aliphatic heterocycles. The van der Waals surface area contributed by atoms with Crippen molar-refractivity contribution in [3.05, 3.63) is 65.2 Å². The van der Waals surface area contributed by atoms with Crippen LogP contribution in [0, 0.1) is 5.92 Å². The Hall–Kier alpha value is -2.33. The van der Waals surface area contributed by atoms with Gasteiger partial charge in [0.25, 0.3) is 0 Å². The zero-order valence-electron chi connectivity index (χ0n) is 16.3. The Kier molecular flexibility index (Phi) is 8.34. The van der Waals surface area contributed by atoms with Gasteiger partial charge in [0.15, 0.2) is 0 Å². The molecular weight excluding hydrogens is 338 g/mol. The molecule has 0 fully saturated rings. The Labute approximate surface area is 162 Å². The number of hydrogen-bond acceptors (Lipinski definition) is 3. The molecule has 27 heavy (non-hydrogen) atoms. The third-order valence-corrected chi connectivity index (χ3v) is 4.75. The topological polar surface area (TPSA) is 69.6 Å². The number of phenolic OH excluding ortho intramolecular Hbond substituents is 1. The average Bonchev–Trinajstić information content (AvgIpc) is 2.64. The molecule has 1 atom stereocenters. The highest BCUT2D eigenvalue weighted by Gasteiger charge is 2.22. The summed E-state index contributed by atoms with van der Waals surface area (Å²) >= 11 is 0. The number of carboxylic acid groups (broad SMARTS) is 1. The third-order valence-electron chi connectivity index (χ3n) is 4.75. The summed E-state index contributed by atoms with van der Waals surface area (Å²) in [6.45, 7) is 4.90. The highest BCUT2D eigenvalue weighted by Crippen LogP contribution is 2.27. The van der Waals surface area contributed by atoms with Gasteiger partial charge < -0.3 is 10.2 Å². The number of aromatic hydroxyl groups is 1. The van der Waals surface area contributed by atoms with Crippen molar-refractivity contribution in [3.63, 3.8) is 0 Å². The molecule has 0 aliphatic carbocycles. The van der Waals surface area contributed by atoms with Crippen LogP contribution < -0.4 is 5.32 Å². The Morgan fingerprint density at radius 3 is 2.41 bits per heavy atom. The van der Waals surface area contributed by atoms with E-state index >= 15 is 0 Å². The minimum atomic E-state index is -0.990. The van der Waals surface area contributed by atoms with Crippen LogP contribution in [0.4, 0.5) is 0 Å². The number of rotatable bonds is 11. The van der Waals surface area contributed by atoms with E-state index in [4.69, 9.17) is 0 Å². The molecule has 2 rings (SSSR count). The zero-order chi connectivity index (χ0) is 19.6. The molecular formula is C23H31NO3. The first-order valence-corrected chi connectivity index (χ1v) is 9.79. The number of benzene rings is 2. The van der Waals surface area contributed by atoms with Gasteiger partial charge in [-0.2, -0.15) is 0 Å². The molecule has 1 unspecified atom stereocenters.